The van der Waals surface area contributed by atoms with Crippen molar-refractivity contribution in [2.45, 2.75) is 25.7 Å². The number of aryl methyl sites for hydroxylation is 2. The minimum absolute atomic E-state index is 1.14. The van der Waals surface area contributed by atoms with Crippen LogP contribution >= 0.6 is 0 Å². The second-order valence-corrected chi connectivity index (χ2v) is 2.69. The van der Waals surface area contributed by atoms with Crippen LogP contribution in [0.5, 0.6) is 0 Å². The second-order valence-electron chi connectivity index (χ2n) is 2.69. The molecule has 0 unspecified atom stereocenters. The fourth-order valence-electron chi connectivity index (χ4n) is 1.42. The first-order valence-electron chi connectivity index (χ1n) is 3.73. The summed E-state index contributed by atoms with van der Waals surface area (Å²) in [6.07, 6.45) is 7.67. The highest BCUT2D eigenvalue weighted by molar-refractivity contribution is 5.20. The fraction of sp³-hybridized carbons (Fsp3) is 0.444. The summed E-state index contributed by atoms with van der Waals surface area (Å²) in [6.45, 7) is 0. The van der Waals surface area contributed by atoms with Crippen molar-refractivity contribution in [3.05, 3.63) is 29.6 Å². The van der Waals surface area contributed by atoms with Crippen LogP contribution in [0, 0.1) is 12.3 Å². The lowest BCUT2D eigenvalue weighted by atomic mass is 9.96. The molecular weight excluding hydrogens is 122 g/mol. The van der Waals surface area contributed by atoms with E-state index in [1.54, 1.807) is 0 Å². The van der Waals surface area contributed by atoms with E-state index in [1.165, 1.54) is 30.5 Å². The lowest BCUT2D eigenvalue weighted by Gasteiger charge is -2.12. The molecule has 0 spiro atoms. The summed E-state index contributed by atoms with van der Waals surface area (Å²) in [6, 6.07) is 4.90. The van der Waals surface area contributed by atoms with Gasteiger partial charge in [-0.2, -0.15) is 0 Å². The Kier molecular flexibility index (Phi) is 1.42. The van der Waals surface area contributed by atoms with Gasteiger partial charge >= 0.3 is 0 Å². The first-order valence-corrected chi connectivity index (χ1v) is 3.73. The van der Waals surface area contributed by atoms with Gasteiger partial charge in [0.05, 0.1) is 6.20 Å². The topological polar surface area (TPSA) is 12.9 Å². The van der Waals surface area contributed by atoms with Crippen LogP contribution < -0.4 is 0 Å². The molecule has 1 nitrogen and oxygen atoms in total. The first kappa shape index (κ1) is 5.90. The van der Waals surface area contributed by atoms with Crippen LogP contribution in [0.15, 0.2) is 6.07 Å². The molecule has 0 fully saturated rings. The summed E-state index contributed by atoms with van der Waals surface area (Å²) in [5.41, 5.74) is 2.62. The second kappa shape index (κ2) is 2.41. The van der Waals surface area contributed by atoms with Crippen LogP contribution in [0.3, 0.4) is 0 Å². The Balaban J connectivity index is 2.41. The lowest BCUT2D eigenvalue weighted by Crippen LogP contribution is -2.03. The zero-order valence-corrected chi connectivity index (χ0v) is 5.85. The first-order chi connectivity index (χ1) is 4.97. The van der Waals surface area contributed by atoms with Crippen molar-refractivity contribution in [2.75, 3.05) is 0 Å². The van der Waals surface area contributed by atoms with Gasteiger partial charge in [0.2, 0.25) is 0 Å². The molecule has 50 valence electrons. The monoisotopic (exact) mass is 131 g/mol. The molecule has 1 heterocycles. The van der Waals surface area contributed by atoms with Crippen molar-refractivity contribution in [1.29, 1.82) is 0 Å². The number of aromatic nitrogens is 1. The van der Waals surface area contributed by atoms with Crippen LogP contribution in [-0.4, -0.2) is 4.98 Å². The smallest absolute Gasteiger partial charge is 0.0975 e. The zero-order chi connectivity index (χ0) is 6.81. The summed E-state index contributed by atoms with van der Waals surface area (Å²) in [5.74, 6) is 0. The Hall–Kier alpha value is -0.850. The predicted octanol–water partition coefficient (Wildman–Crippen LogP) is 1.56. The summed E-state index contributed by atoms with van der Waals surface area (Å²) in [5, 5.41) is 0. The molecule has 10 heavy (non-hydrogen) atoms. The third-order valence-electron chi connectivity index (χ3n) is 1.98. The van der Waals surface area contributed by atoms with Gasteiger partial charge in [0, 0.05) is 11.8 Å². The standard InChI is InChI=1S/C9H9N/c1-2-6-9-8(4-1)5-3-7-10-9/h5H,1-2,4,6H2. The minimum atomic E-state index is 1.14. The largest absolute Gasteiger partial charge is 0.250 e. The van der Waals surface area contributed by atoms with Gasteiger partial charge in [0.15, 0.2) is 0 Å². The van der Waals surface area contributed by atoms with Crippen LogP contribution in [0.4, 0.5) is 0 Å². The van der Waals surface area contributed by atoms with E-state index in [0.717, 1.165) is 6.42 Å². The molecule has 0 bridgehead atoms. The molecule has 0 N–H and O–H groups in total. The molecule has 0 saturated heterocycles. The number of rotatable bonds is 0. The molecule has 1 aliphatic carbocycles. The van der Waals surface area contributed by atoms with Crippen molar-refractivity contribution in [3.63, 3.8) is 0 Å². The van der Waals surface area contributed by atoms with Gasteiger partial charge in [0.25, 0.3) is 0 Å². The highest BCUT2D eigenvalue weighted by Gasteiger charge is 2.07. The Morgan fingerprint density at radius 1 is 1.30 bits per heavy atom. The molecule has 0 saturated carbocycles. The van der Waals surface area contributed by atoms with Crippen LogP contribution in [0.1, 0.15) is 24.1 Å². The quantitative estimate of drug-likeness (QED) is 0.520. The molecule has 0 amide bonds. The van der Waals surface area contributed by atoms with Crippen molar-refractivity contribution in [2.24, 2.45) is 0 Å². The third-order valence-corrected chi connectivity index (χ3v) is 1.98. The van der Waals surface area contributed by atoms with Crippen molar-refractivity contribution in [1.82, 2.24) is 4.98 Å². The van der Waals surface area contributed by atoms with E-state index in [2.05, 4.69) is 17.2 Å². The van der Waals surface area contributed by atoms with Gasteiger partial charge < -0.3 is 0 Å². The zero-order valence-electron chi connectivity index (χ0n) is 5.85. The molecule has 1 aromatic rings. The van der Waals surface area contributed by atoms with E-state index >= 15 is 0 Å². The maximum absolute atomic E-state index is 4.14. The Morgan fingerprint density at radius 3 is 3.10 bits per heavy atom. The third kappa shape index (κ3) is 0.919. The molecule has 1 aromatic heterocycles. The fourth-order valence-corrected chi connectivity index (χ4v) is 1.42. The van der Waals surface area contributed by atoms with E-state index < -0.39 is 0 Å². The van der Waals surface area contributed by atoms with Crippen molar-refractivity contribution >= 4 is 0 Å². The lowest BCUT2D eigenvalue weighted by molar-refractivity contribution is 0.667. The van der Waals surface area contributed by atoms with Crippen LogP contribution in [0.2, 0.25) is 0 Å². The predicted molar refractivity (Wildman–Crippen MR) is 38.6 cm³/mol. The SMILES string of the molecule is [c]1[c]nc2c(c1)CCCC2. The van der Waals surface area contributed by atoms with Gasteiger partial charge in [-0.15, -0.1) is 0 Å². The summed E-state index contributed by atoms with van der Waals surface area (Å²) in [7, 11) is 0. The van der Waals surface area contributed by atoms with Gasteiger partial charge in [-0.05, 0) is 37.3 Å². The van der Waals surface area contributed by atoms with Crippen LogP contribution in [0.25, 0.3) is 0 Å². The van der Waals surface area contributed by atoms with Crippen LogP contribution in [-0.2, 0) is 12.8 Å². The van der Waals surface area contributed by atoms with Gasteiger partial charge in [0.1, 0.15) is 0 Å². The summed E-state index contributed by atoms with van der Waals surface area (Å²) >= 11 is 0. The molecule has 1 heteroatoms. The maximum Gasteiger partial charge on any atom is 0.0975 e. The number of fused-ring (bicyclic) bond motifs is 1. The average Bonchev–Trinajstić information content (AvgIpc) is 2.05. The highest BCUT2D eigenvalue weighted by atomic mass is 14.7. The number of pyridine rings is 1. The maximum atomic E-state index is 4.14. The normalized spacial score (nSPS) is 16.4. The minimum Gasteiger partial charge on any atom is -0.250 e. The van der Waals surface area contributed by atoms with E-state index in [9.17, 15) is 0 Å². The van der Waals surface area contributed by atoms with E-state index in [-0.39, 0.29) is 0 Å². The molecule has 0 aromatic carbocycles. The van der Waals surface area contributed by atoms with E-state index in [0.29, 0.717) is 0 Å². The van der Waals surface area contributed by atoms with Gasteiger partial charge in [-0.1, -0.05) is 0 Å². The molecule has 2 rings (SSSR count). The Morgan fingerprint density at radius 2 is 2.20 bits per heavy atom. The molecule has 0 aliphatic heterocycles. The summed E-state index contributed by atoms with van der Waals surface area (Å²) in [4.78, 5) is 4.14. The van der Waals surface area contributed by atoms with Gasteiger partial charge in [-0.25, -0.2) is 0 Å². The average molecular weight is 131 g/mol. The Labute approximate surface area is 61.1 Å². The number of hydrogen-bond donors (Lipinski definition) is 0. The highest BCUT2D eigenvalue weighted by Crippen LogP contribution is 2.17. The van der Waals surface area contributed by atoms with E-state index in [1.807, 2.05) is 6.07 Å². The summed E-state index contributed by atoms with van der Waals surface area (Å²) < 4.78 is 0. The van der Waals surface area contributed by atoms with E-state index in [4.69, 9.17) is 0 Å². The van der Waals surface area contributed by atoms with Crippen molar-refractivity contribution in [3.8, 4) is 0 Å². The molecule has 2 radical (unpaired) electrons. The number of nitrogens with zero attached hydrogens (tertiary/aromatic N) is 1. The molecule has 0 atom stereocenters. The van der Waals surface area contributed by atoms with Crippen molar-refractivity contribution < 1.29 is 0 Å². The Bertz CT molecular complexity index is 205. The van der Waals surface area contributed by atoms with Gasteiger partial charge in [-0.3, -0.25) is 4.98 Å². The number of hydrogen-bond acceptors (Lipinski definition) is 1. The molecule has 1 aliphatic rings. The molecular formula is C9H9N.